The molecule has 15 heavy (non-hydrogen) atoms. The number of carbonyl (C=O) groups is 1. The lowest BCUT2D eigenvalue weighted by atomic mass is 10.0. The summed E-state index contributed by atoms with van der Waals surface area (Å²) in [6.07, 6.45) is 0. The molecule has 1 aromatic rings. The molecule has 0 fully saturated rings. The molecule has 0 saturated carbocycles. The Morgan fingerprint density at radius 2 is 2.07 bits per heavy atom. The monoisotopic (exact) mass is 205 g/mol. The first-order valence-corrected chi connectivity index (χ1v) is 4.31. The Bertz CT molecular complexity index is 432. The van der Waals surface area contributed by atoms with Gasteiger partial charge in [0, 0.05) is 0 Å². The minimum Gasteiger partial charge on any atom is -0.496 e. The summed E-state index contributed by atoms with van der Waals surface area (Å²) < 4.78 is 9.63. The summed E-state index contributed by atoms with van der Waals surface area (Å²) >= 11 is 0. The van der Waals surface area contributed by atoms with E-state index in [-0.39, 0.29) is 5.56 Å². The summed E-state index contributed by atoms with van der Waals surface area (Å²) in [6, 6.07) is 5.12. The molecular formula is C11H11NO3. The first-order valence-electron chi connectivity index (χ1n) is 4.31. The molecule has 0 saturated heterocycles. The van der Waals surface area contributed by atoms with Crippen LogP contribution in [0.5, 0.6) is 5.75 Å². The molecule has 0 aliphatic heterocycles. The summed E-state index contributed by atoms with van der Waals surface area (Å²) in [5.74, 6) is -0.0956. The minimum atomic E-state index is -0.511. The van der Waals surface area contributed by atoms with E-state index in [4.69, 9.17) is 10.00 Å². The van der Waals surface area contributed by atoms with Crippen LogP contribution in [0.15, 0.2) is 12.1 Å². The molecule has 78 valence electrons. The van der Waals surface area contributed by atoms with Gasteiger partial charge in [-0.1, -0.05) is 0 Å². The van der Waals surface area contributed by atoms with E-state index in [0.29, 0.717) is 11.3 Å². The van der Waals surface area contributed by atoms with Gasteiger partial charge in [0.2, 0.25) is 0 Å². The van der Waals surface area contributed by atoms with Crippen molar-refractivity contribution in [3.8, 4) is 11.8 Å². The molecule has 0 atom stereocenters. The number of benzene rings is 1. The molecule has 0 N–H and O–H groups in total. The van der Waals surface area contributed by atoms with E-state index in [1.54, 1.807) is 13.0 Å². The molecule has 4 heteroatoms. The van der Waals surface area contributed by atoms with Gasteiger partial charge < -0.3 is 9.47 Å². The van der Waals surface area contributed by atoms with Crippen molar-refractivity contribution in [2.75, 3.05) is 14.2 Å². The number of ether oxygens (including phenoxy) is 2. The van der Waals surface area contributed by atoms with Gasteiger partial charge >= 0.3 is 5.97 Å². The highest BCUT2D eigenvalue weighted by Crippen LogP contribution is 2.23. The number of carbonyl (C=O) groups excluding carboxylic acids is 1. The zero-order valence-electron chi connectivity index (χ0n) is 8.83. The van der Waals surface area contributed by atoms with Crippen LogP contribution in [0.1, 0.15) is 21.5 Å². The minimum absolute atomic E-state index is 0.266. The van der Waals surface area contributed by atoms with Crippen molar-refractivity contribution in [2.24, 2.45) is 0 Å². The zero-order chi connectivity index (χ0) is 11.4. The predicted molar refractivity (Wildman–Crippen MR) is 53.8 cm³/mol. The van der Waals surface area contributed by atoms with Crippen LogP contribution < -0.4 is 4.74 Å². The Morgan fingerprint density at radius 1 is 1.40 bits per heavy atom. The molecule has 0 amide bonds. The highest BCUT2D eigenvalue weighted by molar-refractivity contribution is 5.93. The Labute approximate surface area is 88.0 Å². The van der Waals surface area contributed by atoms with Gasteiger partial charge in [0.15, 0.2) is 0 Å². The number of rotatable bonds is 2. The number of nitrogens with zero attached hydrogens (tertiary/aromatic N) is 1. The van der Waals surface area contributed by atoms with E-state index >= 15 is 0 Å². The second kappa shape index (κ2) is 4.47. The summed E-state index contributed by atoms with van der Waals surface area (Å²) in [5, 5.41) is 8.82. The number of methoxy groups -OCH3 is 2. The van der Waals surface area contributed by atoms with Gasteiger partial charge in [-0.2, -0.15) is 5.26 Å². The van der Waals surface area contributed by atoms with Crippen molar-refractivity contribution < 1.29 is 14.3 Å². The molecule has 0 radical (unpaired) electrons. The topological polar surface area (TPSA) is 59.3 Å². The highest BCUT2D eigenvalue weighted by atomic mass is 16.5. The van der Waals surface area contributed by atoms with E-state index in [1.165, 1.54) is 20.3 Å². The molecule has 4 nitrogen and oxygen atoms in total. The van der Waals surface area contributed by atoms with Crippen LogP contribution in [0.3, 0.4) is 0 Å². The van der Waals surface area contributed by atoms with Crippen LogP contribution in [0.2, 0.25) is 0 Å². The van der Waals surface area contributed by atoms with E-state index < -0.39 is 5.97 Å². The van der Waals surface area contributed by atoms with Gasteiger partial charge in [-0.3, -0.25) is 0 Å². The normalized spacial score (nSPS) is 9.20. The molecule has 0 bridgehead atoms. The van der Waals surface area contributed by atoms with Crippen LogP contribution in [0.4, 0.5) is 0 Å². The van der Waals surface area contributed by atoms with E-state index in [9.17, 15) is 4.79 Å². The molecule has 0 aromatic heterocycles. The number of nitriles is 1. The van der Waals surface area contributed by atoms with Crippen molar-refractivity contribution in [3.63, 3.8) is 0 Å². The van der Waals surface area contributed by atoms with Crippen LogP contribution in [0.25, 0.3) is 0 Å². The lowest BCUT2D eigenvalue weighted by molar-refractivity contribution is 0.0597. The molecule has 1 rings (SSSR count). The Balaban J connectivity index is 3.36. The first kappa shape index (κ1) is 11.1. The lowest BCUT2D eigenvalue weighted by Crippen LogP contribution is -2.05. The third-order valence-electron chi connectivity index (χ3n) is 2.07. The van der Waals surface area contributed by atoms with Gasteiger partial charge in [-0.15, -0.1) is 0 Å². The van der Waals surface area contributed by atoms with Gasteiger partial charge in [0.05, 0.1) is 25.9 Å². The third-order valence-corrected chi connectivity index (χ3v) is 2.07. The number of hydrogen-bond donors (Lipinski definition) is 0. The average Bonchev–Trinajstić information content (AvgIpc) is 2.27. The molecule has 0 spiro atoms. The summed E-state index contributed by atoms with van der Waals surface area (Å²) in [7, 11) is 2.75. The molecule has 1 aromatic carbocycles. The van der Waals surface area contributed by atoms with E-state index in [2.05, 4.69) is 4.74 Å². The number of esters is 1. The molecule has 0 heterocycles. The predicted octanol–water partition coefficient (Wildman–Crippen LogP) is 1.66. The molecule has 0 unspecified atom stereocenters. The second-order valence-electron chi connectivity index (χ2n) is 2.97. The van der Waals surface area contributed by atoms with Gasteiger partial charge in [-0.25, -0.2) is 4.79 Å². The largest absolute Gasteiger partial charge is 0.496 e. The highest BCUT2D eigenvalue weighted by Gasteiger charge is 2.15. The van der Waals surface area contributed by atoms with Gasteiger partial charge in [0.1, 0.15) is 11.3 Å². The van der Waals surface area contributed by atoms with Crippen LogP contribution in [-0.2, 0) is 4.74 Å². The van der Waals surface area contributed by atoms with Crippen molar-refractivity contribution in [1.82, 2.24) is 0 Å². The molecule has 0 aliphatic carbocycles. The SMILES string of the molecule is COC(=O)c1cc(C#N)c(C)cc1OC. The smallest absolute Gasteiger partial charge is 0.341 e. The van der Waals surface area contributed by atoms with E-state index in [1.807, 2.05) is 6.07 Å². The fraction of sp³-hybridized carbons (Fsp3) is 0.273. The Kier molecular flexibility index (Phi) is 3.29. The average molecular weight is 205 g/mol. The molecule has 0 aliphatic rings. The van der Waals surface area contributed by atoms with Gasteiger partial charge in [0.25, 0.3) is 0 Å². The fourth-order valence-electron chi connectivity index (χ4n) is 1.24. The Morgan fingerprint density at radius 3 is 2.53 bits per heavy atom. The summed E-state index contributed by atoms with van der Waals surface area (Å²) in [5.41, 5.74) is 1.47. The summed E-state index contributed by atoms with van der Waals surface area (Å²) in [4.78, 5) is 11.4. The van der Waals surface area contributed by atoms with Crippen molar-refractivity contribution >= 4 is 5.97 Å². The maximum atomic E-state index is 11.4. The van der Waals surface area contributed by atoms with Crippen LogP contribution in [0, 0.1) is 18.3 Å². The number of hydrogen-bond acceptors (Lipinski definition) is 4. The zero-order valence-corrected chi connectivity index (χ0v) is 8.83. The summed E-state index contributed by atoms with van der Waals surface area (Å²) in [6.45, 7) is 1.78. The number of aryl methyl sites for hydroxylation is 1. The van der Waals surface area contributed by atoms with Crippen molar-refractivity contribution in [1.29, 1.82) is 5.26 Å². The standard InChI is InChI=1S/C11H11NO3/c1-7-4-10(14-2)9(11(13)15-3)5-8(7)6-12/h4-5H,1-3H3. The van der Waals surface area contributed by atoms with Crippen LogP contribution >= 0.6 is 0 Å². The molecular weight excluding hydrogens is 194 g/mol. The quantitative estimate of drug-likeness (QED) is 0.689. The van der Waals surface area contributed by atoms with E-state index in [0.717, 1.165) is 5.56 Å². The fourth-order valence-corrected chi connectivity index (χ4v) is 1.24. The third kappa shape index (κ3) is 2.08. The lowest BCUT2D eigenvalue weighted by Gasteiger charge is -2.08. The first-order chi connectivity index (χ1) is 7.13. The van der Waals surface area contributed by atoms with Crippen LogP contribution in [-0.4, -0.2) is 20.2 Å². The van der Waals surface area contributed by atoms with Crippen molar-refractivity contribution in [3.05, 3.63) is 28.8 Å². The second-order valence-corrected chi connectivity index (χ2v) is 2.97. The maximum Gasteiger partial charge on any atom is 0.341 e. The van der Waals surface area contributed by atoms with Gasteiger partial charge in [-0.05, 0) is 24.6 Å². The van der Waals surface area contributed by atoms with Crippen molar-refractivity contribution in [2.45, 2.75) is 6.92 Å². The maximum absolute atomic E-state index is 11.4. The Hall–Kier alpha value is -2.02.